The maximum Gasteiger partial charge on any atom is 0.326 e. The number of carbonyl (C=O) groups is 2. The van der Waals surface area contributed by atoms with Gasteiger partial charge in [0, 0.05) is 6.92 Å². The Kier molecular flexibility index (Phi) is 5.64. The molecular formula is C7H14NO3P. The topological polar surface area (TPSA) is 66.4 Å². The molecule has 0 bridgehead atoms. The Hall–Kier alpha value is -0.630. The smallest absolute Gasteiger partial charge is 0.326 e. The van der Waals surface area contributed by atoms with E-state index in [2.05, 4.69) is 5.32 Å². The minimum absolute atomic E-state index is 0.290. The monoisotopic (exact) mass is 191 g/mol. The van der Waals surface area contributed by atoms with Gasteiger partial charge in [0.2, 0.25) is 5.91 Å². The van der Waals surface area contributed by atoms with Gasteiger partial charge in [0.25, 0.3) is 0 Å². The van der Waals surface area contributed by atoms with Crippen molar-refractivity contribution in [2.24, 2.45) is 0 Å². The van der Waals surface area contributed by atoms with Crippen molar-refractivity contribution in [2.75, 3.05) is 12.8 Å². The maximum atomic E-state index is 10.5. The summed E-state index contributed by atoms with van der Waals surface area (Å²) in [7, 11) is 0.725. The highest BCUT2D eigenvalue weighted by molar-refractivity contribution is 7.36. The second-order valence-electron chi connectivity index (χ2n) is 2.48. The van der Waals surface area contributed by atoms with Crippen LogP contribution in [-0.2, 0) is 9.59 Å². The lowest BCUT2D eigenvalue weighted by Gasteiger charge is -2.11. The fourth-order valence-electron chi connectivity index (χ4n) is 0.791. The van der Waals surface area contributed by atoms with E-state index in [9.17, 15) is 9.59 Å². The Morgan fingerprint density at radius 2 is 2.17 bits per heavy atom. The lowest BCUT2D eigenvalue weighted by atomic mass is 10.2. The van der Waals surface area contributed by atoms with Crippen LogP contribution >= 0.6 is 8.58 Å². The van der Waals surface area contributed by atoms with Crippen molar-refractivity contribution < 1.29 is 14.7 Å². The largest absolute Gasteiger partial charge is 0.480 e. The average Bonchev–Trinajstić information content (AvgIpc) is 1.96. The van der Waals surface area contributed by atoms with E-state index in [1.807, 2.05) is 6.66 Å². The van der Waals surface area contributed by atoms with Crippen molar-refractivity contribution in [1.29, 1.82) is 0 Å². The molecule has 0 aliphatic heterocycles. The predicted molar refractivity (Wildman–Crippen MR) is 49.0 cm³/mol. The van der Waals surface area contributed by atoms with Gasteiger partial charge in [0.1, 0.15) is 6.04 Å². The third kappa shape index (κ3) is 5.08. The summed E-state index contributed by atoms with van der Waals surface area (Å²) in [5.74, 6) is -1.25. The van der Waals surface area contributed by atoms with Gasteiger partial charge in [-0.05, 0) is 19.2 Å². The van der Waals surface area contributed by atoms with E-state index in [4.69, 9.17) is 5.11 Å². The average molecular weight is 191 g/mol. The van der Waals surface area contributed by atoms with Crippen molar-refractivity contribution in [1.82, 2.24) is 5.32 Å². The molecule has 0 aliphatic rings. The Balaban J connectivity index is 3.87. The van der Waals surface area contributed by atoms with Crippen LogP contribution in [0.5, 0.6) is 0 Å². The number of aliphatic carboxylic acids is 1. The third-order valence-electron chi connectivity index (χ3n) is 1.36. The zero-order valence-electron chi connectivity index (χ0n) is 7.26. The molecule has 4 nitrogen and oxygen atoms in total. The molecule has 2 N–H and O–H groups in total. The van der Waals surface area contributed by atoms with Crippen LogP contribution < -0.4 is 5.32 Å². The normalized spacial score (nSPS) is 13.2. The summed E-state index contributed by atoms with van der Waals surface area (Å²) in [4.78, 5) is 21.1. The minimum atomic E-state index is -0.955. The summed E-state index contributed by atoms with van der Waals surface area (Å²) in [6.45, 7) is 3.33. The molecule has 0 radical (unpaired) electrons. The van der Waals surface area contributed by atoms with Gasteiger partial charge in [-0.25, -0.2) is 4.79 Å². The number of amides is 1. The van der Waals surface area contributed by atoms with Crippen LogP contribution in [0.25, 0.3) is 0 Å². The Bertz CT molecular complexity index is 172. The molecule has 0 fully saturated rings. The van der Waals surface area contributed by atoms with E-state index in [1.54, 1.807) is 0 Å². The van der Waals surface area contributed by atoms with Crippen molar-refractivity contribution >= 4 is 20.5 Å². The zero-order valence-corrected chi connectivity index (χ0v) is 8.26. The number of hydrogen-bond acceptors (Lipinski definition) is 2. The van der Waals surface area contributed by atoms with Gasteiger partial charge in [-0.3, -0.25) is 4.79 Å². The second-order valence-corrected chi connectivity index (χ2v) is 3.69. The van der Waals surface area contributed by atoms with E-state index in [-0.39, 0.29) is 5.91 Å². The highest BCUT2D eigenvalue weighted by atomic mass is 31.1. The molecule has 0 heterocycles. The van der Waals surface area contributed by atoms with E-state index < -0.39 is 12.0 Å². The van der Waals surface area contributed by atoms with E-state index >= 15 is 0 Å². The van der Waals surface area contributed by atoms with Crippen LogP contribution in [0.3, 0.4) is 0 Å². The van der Waals surface area contributed by atoms with Gasteiger partial charge in [-0.15, -0.1) is 8.58 Å². The van der Waals surface area contributed by atoms with Crippen LogP contribution in [0.1, 0.15) is 13.3 Å². The highest BCUT2D eigenvalue weighted by Crippen LogP contribution is 2.06. The molecule has 1 unspecified atom stereocenters. The fourth-order valence-corrected chi connectivity index (χ4v) is 1.37. The molecule has 70 valence electrons. The van der Waals surface area contributed by atoms with Crippen molar-refractivity contribution in [3.63, 3.8) is 0 Å². The molecule has 5 heteroatoms. The summed E-state index contributed by atoms with van der Waals surface area (Å²) in [5.41, 5.74) is 0. The Labute approximate surface area is 73.5 Å². The molecular weight excluding hydrogens is 177 g/mol. The molecule has 0 spiro atoms. The number of carboxylic acid groups (broad SMARTS) is 1. The van der Waals surface area contributed by atoms with Gasteiger partial charge >= 0.3 is 5.97 Å². The molecule has 2 atom stereocenters. The van der Waals surface area contributed by atoms with Gasteiger partial charge in [-0.1, -0.05) is 0 Å². The van der Waals surface area contributed by atoms with E-state index in [1.165, 1.54) is 6.92 Å². The predicted octanol–water partition coefficient (Wildman–Crippen LogP) is 0.274. The van der Waals surface area contributed by atoms with Gasteiger partial charge in [-0.2, -0.15) is 0 Å². The molecule has 0 aromatic rings. The number of hydrogen-bond donors (Lipinski definition) is 2. The lowest BCUT2D eigenvalue weighted by molar-refractivity contribution is -0.141. The standard InChI is InChI=1S/C7H14NO3P/c1-5(9)8-6(7(10)11)3-4-12-2/h6,12H,3-4H2,1-2H3,(H,8,9)(H,10,11)/t6-/m0/s1. The molecule has 0 aromatic heterocycles. The lowest BCUT2D eigenvalue weighted by Crippen LogP contribution is -2.39. The van der Waals surface area contributed by atoms with E-state index in [0.29, 0.717) is 6.42 Å². The SMILES string of the molecule is CPCC[C@H](NC(C)=O)C(=O)O. The van der Waals surface area contributed by atoms with Crippen molar-refractivity contribution in [3.05, 3.63) is 0 Å². The first-order valence-corrected chi connectivity index (χ1v) is 5.43. The molecule has 0 saturated heterocycles. The maximum absolute atomic E-state index is 10.5. The molecule has 0 aromatic carbocycles. The summed E-state index contributed by atoms with van der Waals surface area (Å²) >= 11 is 0. The van der Waals surface area contributed by atoms with Crippen molar-refractivity contribution in [3.8, 4) is 0 Å². The first-order valence-electron chi connectivity index (χ1n) is 3.72. The number of carbonyl (C=O) groups excluding carboxylic acids is 1. The first kappa shape index (κ1) is 11.4. The van der Waals surface area contributed by atoms with Crippen LogP contribution in [-0.4, -0.2) is 35.9 Å². The van der Waals surface area contributed by atoms with Gasteiger partial charge in [0.05, 0.1) is 0 Å². The molecule has 0 saturated carbocycles. The number of nitrogens with one attached hydrogen (secondary N) is 1. The molecule has 12 heavy (non-hydrogen) atoms. The van der Waals surface area contributed by atoms with Crippen LogP contribution in [0.15, 0.2) is 0 Å². The summed E-state index contributed by atoms with van der Waals surface area (Å²) < 4.78 is 0. The molecule has 0 aliphatic carbocycles. The molecule has 1 amide bonds. The van der Waals surface area contributed by atoms with E-state index in [0.717, 1.165) is 14.7 Å². The van der Waals surface area contributed by atoms with Crippen LogP contribution in [0.2, 0.25) is 0 Å². The summed E-state index contributed by atoms with van der Waals surface area (Å²) in [6, 6.07) is -0.713. The van der Waals surface area contributed by atoms with Crippen molar-refractivity contribution in [2.45, 2.75) is 19.4 Å². The third-order valence-corrected chi connectivity index (χ3v) is 2.15. The number of carboxylic acids is 1. The number of rotatable bonds is 5. The summed E-state index contributed by atoms with van der Waals surface area (Å²) in [5, 5.41) is 11.0. The zero-order chi connectivity index (χ0) is 9.56. The fraction of sp³-hybridized carbons (Fsp3) is 0.714. The van der Waals surface area contributed by atoms with Gasteiger partial charge < -0.3 is 10.4 Å². The quantitative estimate of drug-likeness (QED) is 0.613. The second kappa shape index (κ2) is 5.95. The first-order chi connectivity index (χ1) is 5.57. The minimum Gasteiger partial charge on any atom is -0.480 e. The van der Waals surface area contributed by atoms with Gasteiger partial charge in [0.15, 0.2) is 0 Å². The van der Waals surface area contributed by atoms with Crippen LogP contribution in [0.4, 0.5) is 0 Å². The summed E-state index contributed by atoms with van der Waals surface area (Å²) in [6.07, 6.45) is 1.36. The highest BCUT2D eigenvalue weighted by Gasteiger charge is 2.16. The Morgan fingerprint density at radius 3 is 2.50 bits per heavy atom. The Morgan fingerprint density at radius 1 is 1.58 bits per heavy atom. The molecule has 0 rings (SSSR count). The van der Waals surface area contributed by atoms with Crippen LogP contribution in [0, 0.1) is 0 Å².